The second-order valence-corrected chi connectivity index (χ2v) is 10.3. The lowest BCUT2D eigenvalue weighted by molar-refractivity contribution is -0.348. The molecular weight excluding hydrogens is 736 g/mol. The van der Waals surface area contributed by atoms with Gasteiger partial charge in [0, 0.05) is 33.7 Å². The number of halogens is 12. The Balaban J connectivity index is 2.05. The number of primary amides is 1. The van der Waals surface area contributed by atoms with Crippen molar-refractivity contribution < 1.29 is 62.7 Å². The van der Waals surface area contributed by atoms with Gasteiger partial charge < -0.3 is 10.6 Å². The van der Waals surface area contributed by atoms with Crippen LogP contribution in [0.5, 0.6) is 0 Å². The van der Waals surface area contributed by atoms with Crippen LogP contribution in [0.1, 0.15) is 47.8 Å². The van der Waals surface area contributed by atoms with Gasteiger partial charge in [-0.25, -0.2) is 8.78 Å². The normalized spacial score (nSPS) is 12.7. The molecule has 3 rings (SSSR count). The first-order chi connectivity index (χ1) is 20.0. The first kappa shape index (κ1) is 34.7. The molecule has 0 saturated carbocycles. The number of anilines is 1. The van der Waals surface area contributed by atoms with E-state index in [0.29, 0.717) is 0 Å². The molecule has 0 saturated heterocycles. The number of carbonyl (C=O) groups is 3. The van der Waals surface area contributed by atoms with Crippen molar-refractivity contribution in [2.45, 2.75) is 30.6 Å². The fourth-order valence-corrected chi connectivity index (χ4v) is 4.90. The maximum absolute atomic E-state index is 15.4. The van der Waals surface area contributed by atoms with Gasteiger partial charge in [0.25, 0.3) is 5.91 Å². The highest BCUT2D eigenvalue weighted by molar-refractivity contribution is 14.1. The Morgan fingerprint density at radius 2 is 1.34 bits per heavy atom. The van der Waals surface area contributed by atoms with Gasteiger partial charge in [0.05, 0.1) is 16.8 Å². The highest BCUT2D eigenvalue weighted by Gasteiger charge is 2.73. The molecule has 0 atom stereocenters. The molecule has 0 heterocycles. The minimum absolute atomic E-state index is 0.0536. The zero-order valence-electron chi connectivity index (χ0n) is 21.7. The van der Waals surface area contributed by atoms with Crippen molar-refractivity contribution in [2.75, 3.05) is 11.9 Å². The van der Waals surface area contributed by atoms with E-state index in [1.54, 1.807) is 0 Å². The monoisotopic (exact) mass is 752 g/mol. The van der Waals surface area contributed by atoms with E-state index in [1.165, 1.54) is 24.3 Å². The summed E-state index contributed by atoms with van der Waals surface area (Å²) in [4.78, 5) is 37.8. The topological polar surface area (TPSA) is 80.5 Å². The Kier molecular flexibility index (Phi) is 9.44. The Morgan fingerprint density at radius 1 is 0.818 bits per heavy atom. The van der Waals surface area contributed by atoms with Gasteiger partial charge in [0.1, 0.15) is 0 Å². The molecule has 2 amide bonds. The van der Waals surface area contributed by atoms with E-state index in [1.807, 2.05) is 0 Å². The summed E-state index contributed by atoms with van der Waals surface area (Å²) >= 11 is 0.919. The lowest BCUT2D eigenvalue weighted by Crippen LogP contribution is -2.50. The maximum Gasteiger partial charge on any atom is 0.435 e. The summed E-state index contributed by atoms with van der Waals surface area (Å²) in [5.74, 6) is -4.43. The third-order valence-electron chi connectivity index (χ3n) is 6.38. The lowest BCUT2D eigenvalue weighted by Gasteiger charge is -2.31. The molecule has 17 heteroatoms. The second kappa shape index (κ2) is 12.0. The Labute approximate surface area is 253 Å². The van der Waals surface area contributed by atoms with Crippen LogP contribution in [0.25, 0.3) is 0 Å². The van der Waals surface area contributed by atoms with Crippen LogP contribution in [0.2, 0.25) is 0 Å². The molecule has 0 aliphatic rings. The second-order valence-electron chi connectivity index (χ2n) is 9.18. The van der Waals surface area contributed by atoms with E-state index in [4.69, 9.17) is 5.73 Å². The van der Waals surface area contributed by atoms with Gasteiger partial charge in [0.15, 0.2) is 11.6 Å². The predicted molar refractivity (Wildman–Crippen MR) is 141 cm³/mol. The summed E-state index contributed by atoms with van der Waals surface area (Å²) in [5, 5.41) is 0. The highest BCUT2D eigenvalue weighted by Crippen LogP contribution is 2.54. The van der Waals surface area contributed by atoms with Crippen molar-refractivity contribution in [3.63, 3.8) is 0 Å². The number of Topliss-reactive ketones (excluding diaryl/α,β-unsaturated/α-hetero) is 1. The fraction of sp³-hybridized carbons (Fsp3) is 0.222. The van der Waals surface area contributed by atoms with Crippen LogP contribution in [-0.2, 0) is 18.3 Å². The van der Waals surface area contributed by atoms with Crippen LogP contribution in [0.15, 0.2) is 54.6 Å². The summed E-state index contributed by atoms with van der Waals surface area (Å²) < 4.78 is 150. The summed E-state index contributed by atoms with van der Waals surface area (Å²) in [6, 6.07) is 6.93. The summed E-state index contributed by atoms with van der Waals surface area (Å²) in [6.45, 7) is 0. The highest BCUT2D eigenvalue weighted by atomic mass is 127. The van der Waals surface area contributed by atoms with Crippen molar-refractivity contribution in [3.8, 4) is 0 Å². The SMILES string of the molecule is CN(C(=O)c1ccc(C(N)=O)cc1)c1cccc(C(=O)Cc2c(I)cc(C(F)(C(F)(F)F)C(F)(F)F)cc2C(F)(F)F)c1F. The molecule has 0 bridgehead atoms. The molecule has 2 N–H and O–H groups in total. The van der Waals surface area contributed by atoms with Gasteiger partial charge in [-0.15, -0.1) is 0 Å². The van der Waals surface area contributed by atoms with E-state index in [9.17, 15) is 58.3 Å². The van der Waals surface area contributed by atoms with Crippen LogP contribution < -0.4 is 10.6 Å². The molecule has 3 aromatic rings. The van der Waals surface area contributed by atoms with Gasteiger partial charge in [-0.1, -0.05) is 6.07 Å². The molecule has 3 aromatic carbocycles. The van der Waals surface area contributed by atoms with E-state index in [0.717, 1.165) is 52.7 Å². The van der Waals surface area contributed by atoms with Gasteiger partial charge in [-0.3, -0.25) is 14.4 Å². The number of carbonyl (C=O) groups excluding carboxylic acids is 3. The molecule has 236 valence electrons. The number of hydrogen-bond donors (Lipinski definition) is 1. The van der Waals surface area contributed by atoms with Crippen molar-refractivity contribution in [1.82, 2.24) is 0 Å². The van der Waals surface area contributed by atoms with Gasteiger partial charge in [-0.2, -0.15) is 39.5 Å². The number of nitrogens with two attached hydrogens (primary N) is 1. The average Bonchev–Trinajstić information content (AvgIpc) is 2.90. The van der Waals surface area contributed by atoms with E-state index in [-0.39, 0.29) is 17.2 Å². The van der Waals surface area contributed by atoms with Crippen molar-refractivity contribution >= 4 is 45.9 Å². The molecular formula is C27H16F11IN2O3. The third kappa shape index (κ3) is 6.51. The number of rotatable bonds is 7. The molecule has 0 aliphatic heterocycles. The van der Waals surface area contributed by atoms with Crippen molar-refractivity contribution in [3.05, 3.63) is 97.4 Å². The number of amides is 2. The molecule has 5 nitrogen and oxygen atoms in total. The summed E-state index contributed by atoms with van der Waals surface area (Å²) in [5.41, 5.74) is -8.18. The molecule has 0 unspecified atom stereocenters. The van der Waals surface area contributed by atoms with E-state index < -0.39 is 91.6 Å². The standard InChI is InChI=1S/C27H16F11IN2O3/c1-41(23(44)13-7-5-12(6-8-13)22(40)43)19-4-2-3-15(21(19)28)20(42)11-16-17(25(30,31)32)9-14(10-18(16)39)24(29,26(33,34)35)27(36,37)38/h2-10H,11H2,1H3,(H2,40,43). The minimum atomic E-state index is -6.70. The first-order valence-corrected chi connectivity index (χ1v) is 12.8. The average molecular weight is 752 g/mol. The van der Waals surface area contributed by atoms with Crippen LogP contribution in [-0.4, -0.2) is 37.0 Å². The molecule has 0 spiro atoms. The van der Waals surface area contributed by atoms with Crippen LogP contribution in [0.4, 0.5) is 54.0 Å². The van der Waals surface area contributed by atoms with E-state index in [2.05, 4.69) is 0 Å². The fourth-order valence-electron chi connectivity index (χ4n) is 4.09. The van der Waals surface area contributed by atoms with Gasteiger partial charge in [-0.05, 0) is 76.7 Å². The summed E-state index contributed by atoms with van der Waals surface area (Å²) in [6.07, 6.45) is -20.4. The third-order valence-corrected chi connectivity index (χ3v) is 7.34. The predicted octanol–water partition coefficient (Wildman–Crippen LogP) is 7.54. The smallest absolute Gasteiger partial charge is 0.366 e. The Hall–Kier alpha value is -3.77. The molecule has 44 heavy (non-hydrogen) atoms. The number of hydrogen-bond acceptors (Lipinski definition) is 3. The Morgan fingerprint density at radius 3 is 1.82 bits per heavy atom. The van der Waals surface area contributed by atoms with Crippen LogP contribution in [0.3, 0.4) is 0 Å². The van der Waals surface area contributed by atoms with Crippen molar-refractivity contribution in [2.24, 2.45) is 5.73 Å². The number of benzene rings is 3. The zero-order valence-corrected chi connectivity index (χ0v) is 23.8. The first-order valence-electron chi connectivity index (χ1n) is 11.7. The molecule has 0 fully saturated rings. The van der Waals surface area contributed by atoms with E-state index >= 15 is 4.39 Å². The number of nitrogens with zero attached hydrogens (tertiary/aromatic N) is 1. The number of ketones is 1. The van der Waals surface area contributed by atoms with Gasteiger partial charge >= 0.3 is 24.2 Å². The Bertz CT molecular complexity index is 1600. The lowest BCUT2D eigenvalue weighted by atomic mass is 9.89. The zero-order chi connectivity index (χ0) is 33.6. The quantitative estimate of drug-likeness (QED) is 0.154. The minimum Gasteiger partial charge on any atom is -0.366 e. The van der Waals surface area contributed by atoms with Crippen LogP contribution >= 0.6 is 22.6 Å². The molecule has 0 radical (unpaired) electrons. The molecule has 0 aliphatic carbocycles. The van der Waals surface area contributed by atoms with Gasteiger partial charge in [0.2, 0.25) is 5.91 Å². The largest absolute Gasteiger partial charge is 0.435 e. The molecule has 0 aromatic heterocycles. The van der Waals surface area contributed by atoms with Crippen molar-refractivity contribution in [1.29, 1.82) is 0 Å². The summed E-state index contributed by atoms with van der Waals surface area (Å²) in [7, 11) is 1.09. The van der Waals surface area contributed by atoms with Crippen LogP contribution in [0, 0.1) is 9.39 Å². The maximum atomic E-state index is 15.4. The number of alkyl halides is 10.